The maximum absolute atomic E-state index is 12.4. The number of ether oxygens (including phenoxy) is 1. The molecule has 0 saturated carbocycles. The molecule has 3 N–H and O–H groups in total. The summed E-state index contributed by atoms with van der Waals surface area (Å²) in [5.41, 5.74) is 2.54. The molecule has 30 heavy (non-hydrogen) atoms. The maximum Gasteiger partial charge on any atom is 0.340 e. The van der Waals surface area contributed by atoms with Crippen molar-refractivity contribution >= 4 is 29.3 Å². The van der Waals surface area contributed by atoms with E-state index in [2.05, 4.69) is 16.0 Å². The van der Waals surface area contributed by atoms with Gasteiger partial charge in [-0.15, -0.1) is 0 Å². The summed E-state index contributed by atoms with van der Waals surface area (Å²) in [6.45, 7) is -0.296. The van der Waals surface area contributed by atoms with Gasteiger partial charge in [0.15, 0.2) is 6.61 Å². The van der Waals surface area contributed by atoms with Crippen LogP contribution in [-0.4, -0.2) is 24.5 Å². The molecule has 0 aromatic heterocycles. The average Bonchev–Trinajstić information content (AvgIpc) is 2.78. The van der Waals surface area contributed by atoms with Crippen molar-refractivity contribution in [1.29, 1.82) is 0 Å². The van der Waals surface area contributed by atoms with Crippen LogP contribution in [0.3, 0.4) is 0 Å². The maximum atomic E-state index is 12.4. The fourth-order valence-corrected chi connectivity index (χ4v) is 2.64. The molecule has 0 saturated heterocycles. The second-order valence-electron chi connectivity index (χ2n) is 6.33. The summed E-state index contributed by atoms with van der Waals surface area (Å²) < 4.78 is 5.06. The van der Waals surface area contributed by atoms with E-state index in [1.54, 1.807) is 24.3 Å². The van der Waals surface area contributed by atoms with Crippen molar-refractivity contribution in [2.24, 2.45) is 0 Å². The van der Waals surface area contributed by atoms with Gasteiger partial charge in [0.05, 0.1) is 11.3 Å². The fraction of sp³-hybridized carbons (Fsp3) is 0.0870. The van der Waals surface area contributed by atoms with Gasteiger partial charge in [-0.1, -0.05) is 60.7 Å². The van der Waals surface area contributed by atoms with Gasteiger partial charge in [0, 0.05) is 12.2 Å². The molecule has 3 rings (SSSR count). The predicted octanol–water partition coefficient (Wildman–Crippen LogP) is 3.61. The molecule has 0 spiro atoms. The quantitative estimate of drug-likeness (QED) is 0.524. The van der Waals surface area contributed by atoms with E-state index in [-0.39, 0.29) is 12.1 Å². The molecule has 0 aliphatic heterocycles. The van der Waals surface area contributed by atoms with Crippen LogP contribution in [0, 0.1) is 0 Å². The van der Waals surface area contributed by atoms with Crippen molar-refractivity contribution < 1.29 is 19.1 Å². The first-order chi connectivity index (χ1) is 14.6. The number of carbonyl (C=O) groups excluding carboxylic acids is 3. The van der Waals surface area contributed by atoms with Crippen molar-refractivity contribution in [1.82, 2.24) is 10.6 Å². The summed E-state index contributed by atoms with van der Waals surface area (Å²) in [7, 11) is 0. The Morgan fingerprint density at radius 1 is 0.767 bits per heavy atom. The molecular weight excluding hydrogens is 382 g/mol. The van der Waals surface area contributed by atoms with E-state index in [0.717, 1.165) is 11.3 Å². The SMILES string of the molecule is O=C(COC(=O)c1ccccc1Nc1ccccc1)NC(=O)NCc1ccccc1. The van der Waals surface area contributed by atoms with Gasteiger partial charge in [-0.3, -0.25) is 10.1 Å². The number of carbonyl (C=O) groups is 3. The second kappa shape index (κ2) is 10.4. The summed E-state index contributed by atoms with van der Waals surface area (Å²) in [4.78, 5) is 36.1. The lowest BCUT2D eigenvalue weighted by Crippen LogP contribution is -2.41. The van der Waals surface area contributed by atoms with Crippen LogP contribution in [0.5, 0.6) is 0 Å². The van der Waals surface area contributed by atoms with Crippen LogP contribution in [-0.2, 0) is 16.1 Å². The minimum Gasteiger partial charge on any atom is -0.452 e. The number of anilines is 2. The van der Waals surface area contributed by atoms with Gasteiger partial charge in [-0.2, -0.15) is 0 Å². The topological polar surface area (TPSA) is 96.5 Å². The molecule has 0 aliphatic carbocycles. The third kappa shape index (κ3) is 6.20. The largest absolute Gasteiger partial charge is 0.452 e. The Labute approximate surface area is 174 Å². The number of para-hydroxylation sites is 2. The molecule has 0 atom stereocenters. The molecule has 3 aromatic carbocycles. The Balaban J connectivity index is 1.49. The highest BCUT2D eigenvalue weighted by Gasteiger charge is 2.15. The molecule has 152 valence electrons. The zero-order chi connectivity index (χ0) is 21.2. The van der Waals surface area contributed by atoms with Crippen LogP contribution in [0.4, 0.5) is 16.2 Å². The number of imide groups is 1. The zero-order valence-corrected chi connectivity index (χ0v) is 16.1. The van der Waals surface area contributed by atoms with Crippen LogP contribution in [0.15, 0.2) is 84.9 Å². The Hall–Kier alpha value is -4.13. The number of nitrogens with one attached hydrogen (secondary N) is 3. The first-order valence-corrected chi connectivity index (χ1v) is 9.31. The standard InChI is InChI=1S/C23H21N3O4/c27-21(26-23(29)24-15-17-9-3-1-4-10-17)16-30-22(28)19-13-7-8-14-20(19)25-18-11-5-2-6-12-18/h1-14,25H,15-16H2,(H2,24,26,27,29). The number of rotatable bonds is 7. The lowest BCUT2D eigenvalue weighted by Gasteiger charge is -2.12. The summed E-state index contributed by atoms with van der Waals surface area (Å²) in [6, 6.07) is 24.8. The van der Waals surface area contributed by atoms with Crippen LogP contribution < -0.4 is 16.0 Å². The Morgan fingerprint density at radius 2 is 1.40 bits per heavy atom. The molecule has 3 aromatic rings. The van der Waals surface area contributed by atoms with Gasteiger partial charge in [0.25, 0.3) is 5.91 Å². The number of hydrogen-bond donors (Lipinski definition) is 3. The number of urea groups is 1. The van der Waals surface area contributed by atoms with Gasteiger partial charge in [-0.25, -0.2) is 9.59 Å². The average molecular weight is 403 g/mol. The van der Waals surface area contributed by atoms with Crippen LogP contribution in [0.25, 0.3) is 0 Å². The summed E-state index contributed by atoms with van der Waals surface area (Å²) in [5, 5.41) is 7.83. The van der Waals surface area contributed by atoms with Gasteiger partial charge < -0.3 is 15.4 Å². The first-order valence-electron chi connectivity index (χ1n) is 9.31. The molecular formula is C23H21N3O4. The predicted molar refractivity (Wildman–Crippen MR) is 113 cm³/mol. The lowest BCUT2D eigenvalue weighted by atomic mass is 10.1. The summed E-state index contributed by atoms with van der Waals surface area (Å²) in [6.07, 6.45) is 0. The summed E-state index contributed by atoms with van der Waals surface area (Å²) in [5.74, 6) is -1.39. The molecule has 3 amide bonds. The zero-order valence-electron chi connectivity index (χ0n) is 16.1. The minimum atomic E-state index is -0.720. The molecule has 0 bridgehead atoms. The number of benzene rings is 3. The van der Waals surface area contributed by atoms with Gasteiger partial charge in [0.1, 0.15) is 0 Å². The van der Waals surface area contributed by atoms with E-state index in [9.17, 15) is 14.4 Å². The molecule has 0 fully saturated rings. The number of hydrogen-bond acceptors (Lipinski definition) is 5. The van der Waals surface area contributed by atoms with E-state index in [0.29, 0.717) is 5.69 Å². The van der Waals surface area contributed by atoms with Crippen LogP contribution in [0.1, 0.15) is 15.9 Å². The third-order valence-electron chi connectivity index (χ3n) is 4.08. The highest BCUT2D eigenvalue weighted by Crippen LogP contribution is 2.21. The third-order valence-corrected chi connectivity index (χ3v) is 4.08. The van der Waals surface area contributed by atoms with E-state index < -0.39 is 24.5 Å². The first kappa shape index (κ1) is 20.6. The van der Waals surface area contributed by atoms with Gasteiger partial charge >= 0.3 is 12.0 Å². The van der Waals surface area contributed by atoms with E-state index >= 15 is 0 Å². The molecule has 7 heteroatoms. The van der Waals surface area contributed by atoms with Crippen molar-refractivity contribution in [3.63, 3.8) is 0 Å². The normalized spacial score (nSPS) is 10.0. The number of esters is 1. The monoisotopic (exact) mass is 403 g/mol. The molecule has 0 unspecified atom stereocenters. The smallest absolute Gasteiger partial charge is 0.340 e. The highest BCUT2D eigenvalue weighted by molar-refractivity contribution is 5.99. The van der Waals surface area contributed by atoms with E-state index in [1.807, 2.05) is 60.7 Å². The van der Waals surface area contributed by atoms with Crippen molar-refractivity contribution in [2.45, 2.75) is 6.54 Å². The van der Waals surface area contributed by atoms with Gasteiger partial charge in [0.2, 0.25) is 0 Å². The fourth-order valence-electron chi connectivity index (χ4n) is 2.64. The molecule has 0 heterocycles. The number of amides is 3. The van der Waals surface area contributed by atoms with Crippen LogP contribution in [0.2, 0.25) is 0 Å². The molecule has 0 aliphatic rings. The second-order valence-corrected chi connectivity index (χ2v) is 6.33. The Kier molecular flexibility index (Phi) is 7.16. The van der Waals surface area contributed by atoms with Crippen molar-refractivity contribution in [2.75, 3.05) is 11.9 Å². The van der Waals surface area contributed by atoms with E-state index in [4.69, 9.17) is 4.74 Å². The Morgan fingerprint density at radius 3 is 2.13 bits per heavy atom. The van der Waals surface area contributed by atoms with Crippen LogP contribution >= 0.6 is 0 Å². The minimum absolute atomic E-state index is 0.276. The summed E-state index contributed by atoms with van der Waals surface area (Å²) >= 11 is 0. The Bertz CT molecular complexity index is 1010. The molecule has 0 radical (unpaired) electrons. The van der Waals surface area contributed by atoms with Gasteiger partial charge in [-0.05, 0) is 29.8 Å². The highest BCUT2D eigenvalue weighted by atomic mass is 16.5. The van der Waals surface area contributed by atoms with Crippen molar-refractivity contribution in [3.8, 4) is 0 Å². The van der Waals surface area contributed by atoms with Crippen molar-refractivity contribution in [3.05, 3.63) is 96.1 Å². The van der Waals surface area contributed by atoms with E-state index in [1.165, 1.54) is 0 Å². The lowest BCUT2D eigenvalue weighted by molar-refractivity contribution is -0.123. The molecule has 7 nitrogen and oxygen atoms in total.